The molecule has 1 amide bonds. The molecule has 0 spiro atoms. The van der Waals surface area contributed by atoms with Crippen molar-refractivity contribution < 1.29 is 9.90 Å². The molecule has 0 aliphatic heterocycles. The average molecular weight is 223 g/mol. The Kier molecular flexibility index (Phi) is 3.84. The van der Waals surface area contributed by atoms with Crippen LogP contribution < -0.4 is 10.6 Å². The van der Waals surface area contributed by atoms with Crippen molar-refractivity contribution in [2.45, 2.75) is 19.4 Å². The summed E-state index contributed by atoms with van der Waals surface area (Å²) < 4.78 is 0. The van der Waals surface area contributed by atoms with E-state index in [4.69, 9.17) is 5.11 Å². The number of pyridine rings is 1. The standard InChI is InChI=1S/C11H17N3O2/c1-11(2,7-15)14-10(16)8-5-4-6-13-9(8)12-3/h4-6,15H,7H2,1-3H3,(H,12,13)(H,14,16). The summed E-state index contributed by atoms with van der Waals surface area (Å²) in [7, 11) is 1.70. The normalized spacial score (nSPS) is 11.0. The number of aromatic nitrogens is 1. The number of aliphatic hydroxyl groups excluding tert-OH is 1. The van der Waals surface area contributed by atoms with E-state index >= 15 is 0 Å². The van der Waals surface area contributed by atoms with Crippen LogP contribution in [0.2, 0.25) is 0 Å². The Morgan fingerprint density at radius 2 is 2.25 bits per heavy atom. The van der Waals surface area contributed by atoms with Gasteiger partial charge in [-0.05, 0) is 26.0 Å². The minimum atomic E-state index is -0.641. The molecule has 1 heterocycles. The first-order valence-electron chi connectivity index (χ1n) is 5.06. The predicted octanol–water partition coefficient (Wildman–Crippen LogP) is 0.624. The van der Waals surface area contributed by atoms with E-state index in [1.807, 2.05) is 0 Å². The SMILES string of the molecule is CNc1ncccc1C(=O)NC(C)(C)CO. The number of nitrogens with one attached hydrogen (secondary N) is 2. The number of anilines is 1. The number of rotatable bonds is 4. The number of nitrogens with zero attached hydrogens (tertiary/aromatic N) is 1. The summed E-state index contributed by atoms with van der Waals surface area (Å²) >= 11 is 0. The molecule has 1 rings (SSSR count). The van der Waals surface area contributed by atoms with Gasteiger partial charge >= 0.3 is 0 Å². The van der Waals surface area contributed by atoms with E-state index in [2.05, 4.69) is 15.6 Å². The molecular weight excluding hydrogens is 206 g/mol. The third kappa shape index (κ3) is 2.93. The highest BCUT2D eigenvalue weighted by molar-refractivity contribution is 5.99. The van der Waals surface area contributed by atoms with Crippen LogP contribution in [0.1, 0.15) is 24.2 Å². The highest BCUT2D eigenvalue weighted by Crippen LogP contribution is 2.12. The Balaban J connectivity index is 2.88. The quantitative estimate of drug-likeness (QED) is 0.699. The minimum absolute atomic E-state index is 0.117. The second-order valence-corrected chi connectivity index (χ2v) is 4.15. The molecule has 0 aromatic carbocycles. The summed E-state index contributed by atoms with van der Waals surface area (Å²) in [5, 5.41) is 14.6. The van der Waals surface area contributed by atoms with Crippen LogP contribution >= 0.6 is 0 Å². The van der Waals surface area contributed by atoms with Gasteiger partial charge in [-0.25, -0.2) is 4.98 Å². The summed E-state index contributed by atoms with van der Waals surface area (Å²) in [6.45, 7) is 3.38. The number of hydrogen-bond donors (Lipinski definition) is 3. The second kappa shape index (κ2) is 4.94. The third-order valence-corrected chi connectivity index (χ3v) is 2.14. The molecule has 0 fully saturated rings. The van der Waals surface area contributed by atoms with Crippen LogP contribution in [0, 0.1) is 0 Å². The molecule has 0 saturated heterocycles. The second-order valence-electron chi connectivity index (χ2n) is 4.15. The first kappa shape index (κ1) is 12.4. The predicted molar refractivity (Wildman–Crippen MR) is 62.4 cm³/mol. The smallest absolute Gasteiger partial charge is 0.255 e. The van der Waals surface area contributed by atoms with Crippen molar-refractivity contribution in [1.82, 2.24) is 10.3 Å². The first-order chi connectivity index (χ1) is 7.50. The lowest BCUT2D eigenvalue weighted by molar-refractivity contribution is 0.0870. The topological polar surface area (TPSA) is 74.2 Å². The van der Waals surface area contributed by atoms with E-state index in [-0.39, 0.29) is 12.5 Å². The van der Waals surface area contributed by atoms with E-state index in [1.54, 1.807) is 39.2 Å². The molecule has 0 bridgehead atoms. The maximum atomic E-state index is 11.9. The molecule has 5 heteroatoms. The molecular formula is C11H17N3O2. The molecule has 1 aromatic heterocycles. The molecule has 1 aromatic rings. The zero-order valence-electron chi connectivity index (χ0n) is 9.74. The van der Waals surface area contributed by atoms with Crippen LogP contribution in [-0.4, -0.2) is 35.2 Å². The van der Waals surface area contributed by atoms with Crippen LogP contribution in [0.3, 0.4) is 0 Å². The van der Waals surface area contributed by atoms with E-state index in [0.29, 0.717) is 11.4 Å². The monoisotopic (exact) mass is 223 g/mol. The van der Waals surface area contributed by atoms with Gasteiger partial charge in [-0.15, -0.1) is 0 Å². The minimum Gasteiger partial charge on any atom is -0.394 e. The highest BCUT2D eigenvalue weighted by atomic mass is 16.3. The van der Waals surface area contributed by atoms with Gasteiger partial charge in [-0.3, -0.25) is 4.79 Å². The summed E-state index contributed by atoms with van der Waals surface area (Å²) in [5.74, 6) is 0.269. The lowest BCUT2D eigenvalue weighted by Crippen LogP contribution is -2.46. The third-order valence-electron chi connectivity index (χ3n) is 2.14. The number of aliphatic hydroxyl groups is 1. The number of amides is 1. The maximum absolute atomic E-state index is 11.9. The van der Waals surface area contributed by atoms with Crippen molar-refractivity contribution in [2.75, 3.05) is 19.0 Å². The molecule has 5 nitrogen and oxygen atoms in total. The molecule has 0 atom stereocenters. The van der Waals surface area contributed by atoms with Crippen molar-refractivity contribution in [3.05, 3.63) is 23.9 Å². The molecule has 0 saturated carbocycles. The fourth-order valence-electron chi connectivity index (χ4n) is 1.20. The molecule has 88 valence electrons. The fourth-order valence-corrected chi connectivity index (χ4v) is 1.20. The number of carbonyl (C=O) groups excluding carboxylic acids is 1. The summed E-state index contributed by atoms with van der Waals surface area (Å²) in [4.78, 5) is 15.9. The van der Waals surface area contributed by atoms with Crippen LogP contribution in [0.15, 0.2) is 18.3 Å². The average Bonchev–Trinajstić information content (AvgIpc) is 2.28. The zero-order valence-corrected chi connectivity index (χ0v) is 9.74. The lowest BCUT2D eigenvalue weighted by Gasteiger charge is -2.23. The molecule has 0 radical (unpaired) electrons. The van der Waals surface area contributed by atoms with Gasteiger partial charge in [0.15, 0.2) is 0 Å². The van der Waals surface area contributed by atoms with Crippen LogP contribution in [-0.2, 0) is 0 Å². The van der Waals surface area contributed by atoms with Gasteiger partial charge in [0.2, 0.25) is 0 Å². The van der Waals surface area contributed by atoms with Crippen molar-refractivity contribution in [3.63, 3.8) is 0 Å². The molecule has 0 unspecified atom stereocenters. The Bertz CT molecular complexity index is 377. The van der Waals surface area contributed by atoms with E-state index in [9.17, 15) is 4.79 Å². The molecule has 3 N–H and O–H groups in total. The van der Waals surface area contributed by atoms with Gasteiger partial charge < -0.3 is 15.7 Å². The Labute approximate surface area is 94.9 Å². The van der Waals surface area contributed by atoms with Crippen molar-refractivity contribution in [3.8, 4) is 0 Å². The summed E-state index contributed by atoms with van der Waals surface area (Å²) in [6.07, 6.45) is 1.61. The fraction of sp³-hybridized carbons (Fsp3) is 0.455. The van der Waals surface area contributed by atoms with Crippen LogP contribution in [0.5, 0.6) is 0 Å². The Hall–Kier alpha value is -1.62. The van der Waals surface area contributed by atoms with Crippen molar-refractivity contribution >= 4 is 11.7 Å². The van der Waals surface area contributed by atoms with Gasteiger partial charge in [0, 0.05) is 13.2 Å². The van der Waals surface area contributed by atoms with Gasteiger partial charge in [0.25, 0.3) is 5.91 Å². The highest BCUT2D eigenvalue weighted by Gasteiger charge is 2.21. The van der Waals surface area contributed by atoms with E-state index < -0.39 is 5.54 Å². The van der Waals surface area contributed by atoms with Gasteiger partial charge in [-0.1, -0.05) is 0 Å². The summed E-state index contributed by atoms with van der Waals surface area (Å²) in [5.41, 5.74) is -0.177. The molecule has 0 aliphatic carbocycles. The Morgan fingerprint density at radius 3 is 2.81 bits per heavy atom. The Morgan fingerprint density at radius 1 is 1.56 bits per heavy atom. The van der Waals surface area contributed by atoms with Crippen LogP contribution in [0.4, 0.5) is 5.82 Å². The van der Waals surface area contributed by atoms with E-state index in [0.717, 1.165) is 0 Å². The van der Waals surface area contributed by atoms with Gasteiger partial charge in [-0.2, -0.15) is 0 Å². The van der Waals surface area contributed by atoms with Crippen molar-refractivity contribution in [1.29, 1.82) is 0 Å². The molecule has 16 heavy (non-hydrogen) atoms. The number of carbonyl (C=O) groups is 1. The van der Waals surface area contributed by atoms with Crippen LogP contribution in [0.25, 0.3) is 0 Å². The van der Waals surface area contributed by atoms with Gasteiger partial charge in [0.05, 0.1) is 17.7 Å². The lowest BCUT2D eigenvalue weighted by atomic mass is 10.1. The first-order valence-corrected chi connectivity index (χ1v) is 5.06. The van der Waals surface area contributed by atoms with E-state index in [1.165, 1.54) is 0 Å². The summed E-state index contributed by atoms with van der Waals surface area (Å²) in [6, 6.07) is 3.38. The maximum Gasteiger partial charge on any atom is 0.255 e. The largest absolute Gasteiger partial charge is 0.394 e. The number of hydrogen-bond acceptors (Lipinski definition) is 4. The van der Waals surface area contributed by atoms with Gasteiger partial charge in [0.1, 0.15) is 5.82 Å². The molecule has 0 aliphatic rings. The zero-order chi connectivity index (χ0) is 12.2. The van der Waals surface area contributed by atoms with Crippen molar-refractivity contribution in [2.24, 2.45) is 0 Å².